The van der Waals surface area contributed by atoms with Crippen LogP contribution in [0.25, 0.3) is 0 Å². The van der Waals surface area contributed by atoms with Crippen molar-refractivity contribution in [3.05, 3.63) is 0 Å². The molecule has 0 spiro atoms. The molecular weight excluding hydrogens is 468 g/mol. The van der Waals surface area contributed by atoms with Crippen LogP contribution in [0.2, 0.25) is 18.1 Å². The molecule has 0 aromatic carbocycles. The third-order valence-corrected chi connectivity index (χ3v) is 16.1. The molecule has 3 unspecified atom stereocenters. The predicted molar refractivity (Wildman–Crippen MR) is 144 cm³/mol. The van der Waals surface area contributed by atoms with Crippen LogP contribution in [-0.2, 0) is 18.9 Å². The summed E-state index contributed by atoms with van der Waals surface area (Å²) in [6.07, 6.45) is 7.99. The highest BCUT2D eigenvalue weighted by atomic mass is 28.4. The second-order valence-electron chi connectivity index (χ2n) is 14.4. The minimum absolute atomic E-state index is 0.0391. The quantitative estimate of drug-likeness (QED) is 0.385. The number of hydrogen-bond acceptors (Lipinski definition) is 6. The van der Waals surface area contributed by atoms with Gasteiger partial charge in [0.2, 0.25) is 0 Å². The third-order valence-electron chi connectivity index (χ3n) is 11.6. The number of fused-ring (bicyclic) bond motifs is 5. The van der Waals surface area contributed by atoms with Crippen molar-refractivity contribution in [3.63, 3.8) is 0 Å². The Bertz CT molecular complexity index is 921. The van der Waals surface area contributed by atoms with Gasteiger partial charge in [-0.1, -0.05) is 32.9 Å². The molecule has 36 heavy (non-hydrogen) atoms. The Morgan fingerprint density at radius 2 is 1.83 bits per heavy atom. The Morgan fingerprint density at radius 3 is 2.53 bits per heavy atom. The van der Waals surface area contributed by atoms with E-state index in [1.54, 1.807) is 0 Å². The monoisotopic (exact) mass is 516 g/mol. The number of rotatable bonds is 5. The van der Waals surface area contributed by atoms with Gasteiger partial charge in [0.05, 0.1) is 5.71 Å². The summed E-state index contributed by atoms with van der Waals surface area (Å²) in [5, 5.41) is 8.06. The lowest BCUT2D eigenvalue weighted by molar-refractivity contribution is -0.160. The van der Waals surface area contributed by atoms with Gasteiger partial charge in [0.15, 0.2) is 8.32 Å². The first-order valence-electron chi connectivity index (χ1n) is 14.5. The van der Waals surface area contributed by atoms with Crippen molar-refractivity contribution in [1.29, 1.82) is 0 Å². The van der Waals surface area contributed by atoms with Gasteiger partial charge in [-0.05, 0) is 81.0 Å². The van der Waals surface area contributed by atoms with Crippen LogP contribution >= 0.6 is 0 Å². The number of nitrogens with one attached hydrogen (secondary N) is 1. The van der Waals surface area contributed by atoms with E-state index >= 15 is 0 Å². The van der Waals surface area contributed by atoms with Crippen LogP contribution in [0.4, 0.5) is 0 Å². The summed E-state index contributed by atoms with van der Waals surface area (Å²) in [7, 11) is -1.98. The minimum atomic E-state index is -1.98. The molecule has 5 aliphatic rings. The Hall–Kier alpha value is -1.05. The number of Topliss-reactive ketones (excluding diaryl/α,β-unsaturated/α-hetero) is 2. The molecular formula is C29H48N2O4Si. The van der Waals surface area contributed by atoms with Crippen molar-refractivity contribution in [3.8, 4) is 0 Å². The number of carbonyl (C=O) groups excluding carboxylic acids is 2. The molecule has 0 bridgehead atoms. The Labute approximate surface area is 218 Å². The van der Waals surface area contributed by atoms with Crippen molar-refractivity contribution < 1.29 is 18.9 Å². The Balaban J connectivity index is 1.44. The van der Waals surface area contributed by atoms with E-state index in [-0.39, 0.29) is 27.9 Å². The normalized spacial score (nSPS) is 42.3. The first-order chi connectivity index (χ1) is 16.9. The fourth-order valence-electron chi connectivity index (χ4n) is 8.16. The standard InChI is InChI=1S/C29H48N2O4Si/c1-27(2,3)36(5,6)34-18-29-13-9-19(31-35-20-11-14-30-17-20)15-24(29)25(32)16-21-22-7-8-26(33)28(22,4)12-10-23(21)29/h20-24,30H,7-18H2,1-6H3/t20-,21?,22?,23?,24+,28-,29-/m0/s1. The second kappa shape index (κ2) is 9.30. The van der Waals surface area contributed by atoms with Crippen LogP contribution in [0.15, 0.2) is 5.16 Å². The first-order valence-corrected chi connectivity index (χ1v) is 17.4. The third kappa shape index (κ3) is 4.35. The maximum atomic E-state index is 14.0. The molecule has 0 radical (unpaired) electrons. The topological polar surface area (TPSA) is 77.0 Å². The lowest BCUT2D eigenvalue weighted by Gasteiger charge is -2.60. The van der Waals surface area contributed by atoms with E-state index in [0.29, 0.717) is 55.2 Å². The fraction of sp³-hybridized carbons (Fsp3) is 0.897. The van der Waals surface area contributed by atoms with E-state index in [9.17, 15) is 9.59 Å². The zero-order chi connectivity index (χ0) is 25.9. The van der Waals surface area contributed by atoms with Gasteiger partial charge in [-0.25, -0.2) is 0 Å². The molecule has 1 aliphatic heterocycles. The van der Waals surface area contributed by atoms with E-state index in [1.165, 1.54) is 0 Å². The highest BCUT2D eigenvalue weighted by Crippen LogP contribution is 2.65. The Morgan fingerprint density at radius 1 is 1.06 bits per heavy atom. The van der Waals surface area contributed by atoms with Crippen LogP contribution in [-0.4, -0.2) is 51.4 Å². The van der Waals surface area contributed by atoms with Gasteiger partial charge in [0.1, 0.15) is 17.7 Å². The van der Waals surface area contributed by atoms with E-state index in [4.69, 9.17) is 9.26 Å². The highest BCUT2D eigenvalue weighted by molar-refractivity contribution is 6.74. The zero-order valence-electron chi connectivity index (χ0n) is 23.5. The molecule has 0 aromatic rings. The summed E-state index contributed by atoms with van der Waals surface area (Å²) in [5.74, 6) is 1.91. The molecule has 1 heterocycles. The number of ketones is 2. The van der Waals surface area contributed by atoms with Gasteiger partial charge in [-0.15, -0.1) is 0 Å². The second-order valence-corrected chi connectivity index (χ2v) is 19.2. The van der Waals surface area contributed by atoms with E-state index in [0.717, 1.165) is 57.3 Å². The number of carbonyl (C=O) groups is 2. The molecule has 0 amide bonds. The molecule has 7 atom stereocenters. The van der Waals surface area contributed by atoms with Crippen LogP contribution in [0.3, 0.4) is 0 Å². The molecule has 1 N–H and O–H groups in total. The van der Waals surface area contributed by atoms with Crippen molar-refractivity contribution in [2.45, 2.75) is 110 Å². The molecule has 5 fully saturated rings. The predicted octanol–water partition coefficient (Wildman–Crippen LogP) is 5.51. The average Bonchev–Trinajstić information content (AvgIpc) is 3.44. The molecule has 4 aliphatic carbocycles. The van der Waals surface area contributed by atoms with Crippen molar-refractivity contribution in [2.24, 2.45) is 39.7 Å². The molecule has 4 saturated carbocycles. The van der Waals surface area contributed by atoms with E-state index < -0.39 is 8.32 Å². The molecule has 1 saturated heterocycles. The van der Waals surface area contributed by atoms with Crippen LogP contribution < -0.4 is 5.32 Å². The summed E-state index contributed by atoms with van der Waals surface area (Å²) in [6, 6.07) is 0. The lowest BCUT2D eigenvalue weighted by atomic mass is 9.44. The zero-order valence-corrected chi connectivity index (χ0v) is 24.5. The number of oxime groups is 1. The maximum Gasteiger partial charge on any atom is 0.192 e. The molecule has 0 aromatic heterocycles. The van der Waals surface area contributed by atoms with Crippen LogP contribution in [0, 0.1) is 34.5 Å². The van der Waals surface area contributed by atoms with Crippen molar-refractivity contribution in [2.75, 3.05) is 19.7 Å². The largest absolute Gasteiger partial charge is 0.416 e. The number of hydrogen-bond donors (Lipinski definition) is 1. The van der Waals surface area contributed by atoms with E-state index in [2.05, 4.69) is 51.3 Å². The highest BCUT2D eigenvalue weighted by Gasteiger charge is 2.64. The van der Waals surface area contributed by atoms with Crippen LogP contribution in [0.1, 0.15) is 85.5 Å². The number of nitrogens with zero attached hydrogens (tertiary/aromatic N) is 1. The lowest BCUT2D eigenvalue weighted by Crippen LogP contribution is -2.60. The van der Waals surface area contributed by atoms with Gasteiger partial charge < -0.3 is 14.6 Å². The molecule has 7 heteroatoms. The van der Waals surface area contributed by atoms with Crippen molar-refractivity contribution >= 4 is 25.6 Å². The summed E-state index contributed by atoms with van der Waals surface area (Å²) < 4.78 is 6.97. The smallest absolute Gasteiger partial charge is 0.192 e. The summed E-state index contributed by atoms with van der Waals surface area (Å²) in [5.41, 5.74) is 0.690. The van der Waals surface area contributed by atoms with Crippen molar-refractivity contribution in [1.82, 2.24) is 5.32 Å². The van der Waals surface area contributed by atoms with Gasteiger partial charge >= 0.3 is 0 Å². The summed E-state index contributed by atoms with van der Waals surface area (Å²) in [6.45, 7) is 16.2. The maximum absolute atomic E-state index is 14.0. The average molecular weight is 517 g/mol. The van der Waals surface area contributed by atoms with Gasteiger partial charge in [0, 0.05) is 49.2 Å². The summed E-state index contributed by atoms with van der Waals surface area (Å²) >= 11 is 0. The molecule has 202 valence electrons. The first kappa shape index (κ1) is 26.5. The van der Waals surface area contributed by atoms with Gasteiger partial charge in [0.25, 0.3) is 0 Å². The van der Waals surface area contributed by atoms with E-state index in [1.807, 2.05) is 0 Å². The SMILES string of the molecule is CC(C)(C)[Si](C)(C)OC[C@]12CCC(=NO[C@H]3CCNC3)C[C@@H]1C(=O)CC1C2CC[C@]2(C)C(=O)CCC12. The molecule has 6 nitrogen and oxygen atoms in total. The van der Waals surface area contributed by atoms with Gasteiger partial charge in [-0.2, -0.15) is 0 Å². The van der Waals surface area contributed by atoms with Crippen LogP contribution in [0.5, 0.6) is 0 Å². The Kier molecular flexibility index (Phi) is 6.86. The minimum Gasteiger partial charge on any atom is -0.416 e. The summed E-state index contributed by atoms with van der Waals surface area (Å²) in [4.78, 5) is 32.7. The molecule has 5 rings (SSSR count). The van der Waals surface area contributed by atoms with Gasteiger partial charge in [-0.3, -0.25) is 9.59 Å². The fourth-order valence-corrected chi connectivity index (χ4v) is 9.23.